The zero-order valence-electron chi connectivity index (χ0n) is 14.3. The summed E-state index contributed by atoms with van der Waals surface area (Å²) in [4.78, 5) is 4.11. The molecule has 2 aromatic heterocycles. The van der Waals surface area contributed by atoms with Crippen molar-refractivity contribution in [2.75, 3.05) is 13.7 Å². The van der Waals surface area contributed by atoms with Gasteiger partial charge in [0.25, 0.3) is 0 Å². The maximum atomic E-state index is 5.93. The van der Waals surface area contributed by atoms with Crippen LogP contribution in [0.4, 0.5) is 0 Å². The third-order valence-corrected chi connectivity index (χ3v) is 4.58. The highest BCUT2D eigenvalue weighted by molar-refractivity contribution is 7.07. The van der Waals surface area contributed by atoms with Crippen molar-refractivity contribution in [3.63, 3.8) is 0 Å². The summed E-state index contributed by atoms with van der Waals surface area (Å²) in [7, 11) is 1.66. The minimum Gasteiger partial charge on any atom is -0.493 e. The number of hydrogen-bond donors (Lipinski definition) is 1. The number of nitrogens with one attached hydrogen (secondary N) is 1. The van der Waals surface area contributed by atoms with Gasteiger partial charge in [0.05, 0.1) is 7.11 Å². The molecule has 3 rings (SSSR count). The number of aromatic nitrogens is 1. The van der Waals surface area contributed by atoms with Gasteiger partial charge in [0.15, 0.2) is 11.5 Å². The molecular formula is C20H22N2O2S. The summed E-state index contributed by atoms with van der Waals surface area (Å²) in [5, 5.41) is 7.79. The van der Waals surface area contributed by atoms with E-state index in [0.717, 1.165) is 36.6 Å². The largest absolute Gasteiger partial charge is 0.493 e. The van der Waals surface area contributed by atoms with Crippen LogP contribution in [0.3, 0.4) is 0 Å². The van der Waals surface area contributed by atoms with E-state index in [9.17, 15) is 0 Å². The topological polar surface area (TPSA) is 43.4 Å². The van der Waals surface area contributed by atoms with Gasteiger partial charge in [0, 0.05) is 24.5 Å². The third kappa shape index (κ3) is 5.31. The predicted molar refractivity (Wildman–Crippen MR) is 101 cm³/mol. The molecule has 0 atom stereocenters. The number of hydrogen-bond acceptors (Lipinski definition) is 5. The molecule has 0 bridgehead atoms. The average molecular weight is 354 g/mol. The Labute approximate surface area is 152 Å². The minimum atomic E-state index is 0.471. The zero-order valence-corrected chi connectivity index (χ0v) is 15.1. The van der Waals surface area contributed by atoms with Crippen molar-refractivity contribution in [1.82, 2.24) is 10.3 Å². The lowest BCUT2D eigenvalue weighted by Crippen LogP contribution is -2.16. The highest BCUT2D eigenvalue weighted by Crippen LogP contribution is 2.28. The minimum absolute atomic E-state index is 0.471. The fourth-order valence-electron chi connectivity index (χ4n) is 2.49. The summed E-state index contributed by atoms with van der Waals surface area (Å²) in [5.41, 5.74) is 3.59. The second-order valence-electron chi connectivity index (χ2n) is 5.69. The number of ether oxygens (including phenoxy) is 2. The first-order valence-electron chi connectivity index (χ1n) is 8.25. The monoisotopic (exact) mass is 354 g/mol. The SMILES string of the molecule is COc1ccc(CNCCc2ccsc2)cc1OCc1cccnc1. The summed E-state index contributed by atoms with van der Waals surface area (Å²) in [6.45, 7) is 2.23. The number of rotatable bonds is 9. The molecule has 0 spiro atoms. The quantitative estimate of drug-likeness (QED) is 0.589. The van der Waals surface area contributed by atoms with Crippen molar-refractivity contribution < 1.29 is 9.47 Å². The number of methoxy groups -OCH3 is 1. The van der Waals surface area contributed by atoms with Gasteiger partial charge in [-0.2, -0.15) is 11.3 Å². The first-order valence-corrected chi connectivity index (χ1v) is 9.20. The maximum Gasteiger partial charge on any atom is 0.161 e. The average Bonchev–Trinajstić information content (AvgIpc) is 3.18. The van der Waals surface area contributed by atoms with Gasteiger partial charge in [-0.05, 0) is 59.1 Å². The molecule has 0 aliphatic heterocycles. The van der Waals surface area contributed by atoms with Crippen molar-refractivity contribution >= 4 is 11.3 Å². The maximum absolute atomic E-state index is 5.93. The molecule has 0 saturated carbocycles. The van der Waals surface area contributed by atoms with Crippen LogP contribution in [0.25, 0.3) is 0 Å². The van der Waals surface area contributed by atoms with E-state index in [1.54, 1.807) is 24.6 Å². The highest BCUT2D eigenvalue weighted by atomic mass is 32.1. The van der Waals surface area contributed by atoms with Gasteiger partial charge >= 0.3 is 0 Å². The molecule has 25 heavy (non-hydrogen) atoms. The fourth-order valence-corrected chi connectivity index (χ4v) is 3.19. The normalized spacial score (nSPS) is 10.6. The number of thiophene rings is 1. The van der Waals surface area contributed by atoms with Crippen molar-refractivity contribution in [3.05, 3.63) is 76.2 Å². The smallest absolute Gasteiger partial charge is 0.161 e. The molecule has 0 aliphatic carbocycles. The Hall–Kier alpha value is -2.37. The van der Waals surface area contributed by atoms with Crippen molar-refractivity contribution in [2.45, 2.75) is 19.6 Å². The van der Waals surface area contributed by atoms with Crippen LogP contribution in [0.15, 0.2) is 59.6 Å². The van der Waals surface area contributed by atoms with Crippen LogP contribution >= 0.6 is 11.3 Å². The first kappa shape index (κ1) is 17.5. The van der Waals surface area contributed by atoms with Crippen molar-refractivity contribution in [3.8, 4) is 11.5 Å². The lowest BCUT2D eigenvalue weighted by atomic mass is 10.2. The fraction of sp³-hybridized carbons (Fsp3) is 0.250. The van der Waals surface area contributed by atoms with Crippen LogP contribution < -0.4 is 14.8 Å². The molecule has 1 aromatic carbocycles. The summed E-state index contributed by atoms with van der Waals surface area (Å²) >= 11 is 1.74. The lowest BCUT2D eigenvalue weighted by molar-refractivity contribution is 0.284. The molecular weight excluding hydrogens is 332 g/mol. The molecule has 130 valence electrons. The first-order chi connectivity index (χ1) is 12.3. The Balaban J connectivity index is 1.55. The van der Waals surface area contributed by atoms with Gasteiger partial charge in [-0.3, -0.25) is 4.98 Å². The van der Waals surface area contributed by atoms with Gasteiger partial charge in [-0.25, -0.2) is 0 Å². The molecule has 4 nitrogen and oxygen atoms in total. The van der Waals surface area contributed by atoms with Crippen LogP contribution in [-0.2, 0) is 19.6 Å². The number of nitrogens with zero attached hydrogens (tertiary/aromatic N) is 1. The van der Waals surface area contributed by atoms with Gasteiger partial charge < -0.3 is 14.8 Å². The van der Waals surface area contributed by atoms with E-state index >= 15 is 0 Å². The standard InChI is InChI=1S/C20H22N2O2S/c1-23-19-5-4-17(12-22-9-6-16-7-10-25-15-16)11-20(19)24-14-18-3-2-8-21-13-18/h2-5,7-8,10-11,13,15,22H,6,9,12,14H2,1H3. The molecule has 0 fully saturated rings. The molecule has 1 N–H and O–H groups in total. The Bertz CT molecular complexity index is 761. The summed E-state index contributed by atoms with van der Waals surface area (Å²) < 4.78 is 11.3. The molecule has 0 amide bonds. The highest BCUT2D eigenvalue weighted by Gasteiger charge is 2.06. The molecule has 0 radical (unpaired) electrons. The van der Waals surface area contributed by atoms with Gasteiger partial charge in [-0.15, -0.1) is 0 Å². The van der Waals surface area contributed by atoms with E-state index in [2.05, 4.69) is 33.2 Å². The van der Waals surface area contributed by atoms with E-state index in [4.69, 9.17) is 9.47 Å². The Morgan fingerprint density at radius 1 is 1.08 bits per heavy atom. The predicted octanol–water partition coefficient (Wildman–Crippen LogP) is 4.06. The van der Waals surface area contributed by atoms with Crippen LogP contribution in [0.1, 0.15) is 16.7 Å². The van der Waals surface area contributed by atoms with E-state index in [-0.39, 0.29) is 0 Å². The molecule has 5 heteroatoms. The lowest BCUT2D eigenvalue weighted by Gasteiger charge is -2.13. The Kier molecular flexibility index (Phi) is 6.42. The van der Waals surface area contributed by atoms with Crippen LogP contribution in [0, 0.1) is 0 Å². The second kappa shape index (κ2) is 9.20. The molecule has 0 unspecified atom stereocenters. The van der Waals surface area contributed by atoms with E-state index in [1.807, 2.05) is 30.5 Å². The third-order valence-electron chi connectivity index (χ3n) is 3.84. The van der Waals surface area contributed by atoms with E-state index in [0.29, 0.717) is 6.61 Å². The van der Waals surface area contributed by atoms with Crippen LogP contribution in [-0.4, -0.2) is 18.6 Å². The number of pyridine rings is 1. The van der Waals surface area contributed by atoms with Gasteiger partial charge in [0.2, 0.25) is 0 Å². The van der Waals surface area contributed by atoms with Gasteiger partial charge in [-0.1, -0.05) is 12.1 Å². The Morgan fingerprint density at radius 3 is 2.80 bits per heavy atom. The molecule has 0 saturated heterocycles. The summed E-state index contributed by atoms with van der Waals surface area (Å²) in [6.07, 6.45) is 4.61. The zero-order chi connectivity index (χ0) is 17.3. The van der Waals surface area contributed by atoms with Crippen molar-refractivity contribution in [2.24, 2.45) is 0 Å². The number of benzene rings is 1. The molecule has 3 aromatic rings. The second-order valence-corrected chi connectivity index (χ2v) is 6.47. The summed E-state index contributed by atoms with van der Waals surface area (Å²) in [6, 6.07) is 12.1. The Morgan fingerprint density at radius 2 is 2.04 bits per heavy atom. The van der Waals surface area contributed by atoms with Gasteiger partial charge in [0.1, 0.15) is 6.61 Å². The van der Waals surface area contributed by atoms with E-state index < -0.39 is 0 Å². The molecule has 0 aliphatic rings. The van der Waals surface area contributed by atoms with Crippen LogP contribution in [0.2, 0.25) is 0 Å². The summed E-state index contributed by atoms with van der Waals surface area (Å²) in [5.74, 6) is 1.49. The van der Waals surface area contributed by atoms with E-state index in [1.165, 1.54) is 11.1 Å². The van der Waals surface area contributed by atoms with Crippen LogP contribution in [0.5, 0.6) is 11.5 Å². The molecule has 2 heterocycles. The van der Waals surface area contributed by atoms with Crippen molar-refractivity contribution in [1.29, 1.82) is 0 Å².